The van der Waals surface area contributed by atoms with E-state index in [1.807, 2.05) is 56.9 Å². The molecule has 2 aromatic carbocycles. The number of β-amino-alcohol motifs (C(OH)–C–C–N with tert-alkyl or cyclic N) is 1. The SMILES string of the molecule is Cc1cc(N)nc(-c2c(Cl)cc3c(N4CC5CCC(C4)N5C(=O)OC(C)(C)C)nc(OC[C@]4(C)CCCN(CCCCCCC(=O)N[C@H](C(=O)N5C[C@H](O)C[C@H]5C(=O)NCc5ccc(-c6scnc6C)cc5)C(C)(C)C)C4)nc3c2F)c1C(F)(F)F. The molecule has 0 spiro atoms. The number of pyridine rings is 1. The van der Waals surface area contributed by atoms with Gasteiger partial charge in [-0.05, 0) is 120 Å². The molecule has 0 radical (unpaired) electrons. The van der Waals surface area contributed by atoms with E-state index in [9.17, 15) is 37.5 Å². The van der Waals surface area contributed by atoms with E-state index in [1.54, 1.807) is 42.5 Å². The molecule has 5 N–H and O–H groups in total. The first kappa shape index (κ1) is 64.1. The van der Waals surface area contributed by atoms with Gasteiger partial charge < -0.3 is 45.6 Å². The van der Waals surface area contributed by atoms with Crippen LogP contribution >= 0.6 is 22.9 Å². The number of likely N-dealkylation sites (tertiary alicyclic amines) is 2. The Balaban J connectivity index is 0.804. The van der Waals surface area contributed by atoms with Gasteiger partial charge in [0.2, 0.25) is 17.7 Å². The second-order valence-corrected chi connectivity index (χ2v) is 27.4. The zero-order chi connectivity index (χ0) is 62.2. The van der Waals surface area contributed by atoms with E-state index >= 15 is 4.39 Å². The topological polar surface area (TPSA) is 222 Å². The van der Waals surface area contributed by atoms with Gasteiger partial charge in [-0.3, -0.25) is 19.3 Å². The summed E-state index contributed by atoms with van der Waals surface area (Å²) in [4.78, 5) is 81.0. The summed E-state index contributed by atoms with van der Waals surface area (Å²) in [5, 5.41) is 16.4. The van der Waals surface area contributed by atoms with Crippen LogP contribution in [0.2, 0.25) is 5.02 Å². The number of hydrogen-bond acceptors (Lipinski definition) is 15. The van der Waals surface area contributed by atoms with Crippen molar-refractivity contribution in [3.8, 4) is 27.7 Å². The summed E-state index contributed by atoms with van der Waals surface area (Å²) in [6.07, 6.45) is 0.184. The number of aliphatic hydroxyl groups excluding tert-OH is 1. The lowest BCUT2D eigenvalue weighted by molar-refractivity contribution is -0.144. The van der Waals surface area contributed by atoms with Gasteiger partial charge in [0.15, 0.2) is 5.82 Å². The minimum absolute atomic E-state index is 0.0208. The number of carbonyl (C=O) groups excluding carboxylic acids is 4. The number of aromatic nitrogens is 4. The van der Waals surface area contributed by atoms with E-state index in [2.05, 4.69) is 37.4 Å². The van der Waals surface area contributed by atoms with Gasteiger partial charge in [-0.2, -0.15) is 23.1 Å². The number of nitrogens with two attached hydrogens (primary N) is 1. The van der Waals surface area contributed by atoms with E-state index < -0.39 is 75.4 Å². The standard InChI is InChI=1S/C62H80ClF4N11O7S/c1-35-25-45(68)71-51(48(35)62(65,66)67)47-43(63)27-42-50(49(47)64)73-57(74-54(42)76-29-39-20-21-40(30-76)78(39)58(83)85-60(6,7)8)84-33-61(9)22-14-24-75(32-61)23-13-11-10-12-15-46(80)72-53(59(3,4)5)56(82)77-31-41(79)26-44(77)55(81)69-28-37-16-18-38(19-17-37)52-36(2)70-34-86-52/h16-19,25,27,34,39-41,44,53,79H,10-15,20-24,26,28-33H2,1-9H3,(H2,68,71)(H,69,81)(H,72,80)/t39?,40?,41-,44+,53-,61-/m1/s1. The molecule has 4 aliphatic rings. The third kappa shape index (κ3) is 14.8. The molecule has 4 fully saturated rings. The van der Waals surface area contributed by atoms with E-state index in [0.29, 0.717) is 38.9 Å². The predicted octanol–water partition coefficient (Wildman–Crippen LogP) is 10.7. The number of ether oxygens (including phenoxy) is 2. The number of piperazine rings is 1. The summed E-state index contributed by atoms with van der Waals surface area (Å²) in [6.45, 7) is 19.6. The fourth-order valence-corrected chi connectivity index (χ4v) is 13.7. The van der Waals surface area contributed by atoms with Crippen LogP contribution in [-0.2, 0) is 31.8 Å². The number of piperidine rings is 1. The van der Waals surface area contributed by atoms with Gasteiger partial charge in [0.25, 0.3) is 0 Å². The molecule has 7 heterocycles. The summed E-state index contributed by atoms with van der Waals surface area (Å²) in [5.41, 5.74) is 5.71. The maximum absolute atomic E-state index is 17.3. The van der Waals surface area contributed by atoms with Crippen molar-refractivity contribution in [1.29, 1.82) is 0 Å². The van der Waals surface area contributed by atoms with Gasteiger partial charge in [0, 0.05) is 56.4 Å². The summed E-state index contributed by atoms with van der Waals surface area (Å²) in [6, 6.07) is 7.74. The Hall–Kier alpha value is -6.43. The number of amides is 4. The molecular weight excluding hydrogens is 1150 g/mol. The number of rotatable bonds is 18. The highest BCUT2D eigenvalue weighted by Gasteiger charge is 2.47. The number of nitrogens with zero attached hydrogens (tertiary/aromatic N) is 8. The third-order valence-corrected chi connectivity index (χ3v) is 18.0. The lowest BCUT2D eigenvalue weighted by atomic mass is 9.82. The van der Waals surface area contributed by atoms with Crippen LogP contribution in [-0.4, -0.2) is 145 Å². The minimum Gasteiger partial charge on any atom is -0.463 e. The normalized spacial score (nSPS) is 21.5. The number of aryl methyl sites for hydroxylation is 2. The number of halogens is 5. The average Bonchev–Trinajstić information content (AvgIpc) is 2.61. The number of thiazole rings is 1. The molecule has 4 aliphatic heterocycles. The number of benzene rings is 2. The molecule has 466 valence electrons. The lowest BCUT2D eigenvalue weighted by Crippen LogP contribution is -2.57. The van der Waals surface area contributed by atoms with Crippen LogP contribution in [0.25, 0.3) is 32.6 Å². The van der Waals surface area contributed by atoms with Crippen LogP contribution in [0.15, 0.2) is 41.9 Å². The van der Waals surface area contributed by atoms with Gasteiger partial charge >= 0.3 is 18.3 Å². The van der Waals surface area contributed by atoms with Crippen molar-refractivity contribution in [3.63, 3.8) is 0 Å². The highest BCUT2D eigenvalue weighted by Crippen LogP contribution is 2.46. The lowest BCUT2D eigenvalue weighted by Gasteiger charge is -2.42. The van der Waals surface area contributed by atoms with Gasteiger partial charge in [-0.25, -0.2) is 19.2 Å². The van der Waals surface area contributed by atoms with Crippen LogP contribution < -0.4 is 26.0 Å². The Morgan fingerprint density at radius 2 is 1.65 bits per heavy atom. The largest absolute Gasteiger partial charge is 0.463 e. The number of fused-ring (bicyclic) bond motifs is 3. The molecule has 4 saturated heterocycles. The Bertz CT molecular complexity index is 3310. The van der Waals surface area contributed by atoms with E-state index in [-0.39, 0.29) is 95.6 Å². The maximum atomic E-state index is 17.3. The number of aliphatic hydroxyl groups is 1. The second-order valence-electron chi connectivity index (χ2n) is 26.1. The number of hydrogen-bond donors (Lipinski definition) is 4. The molecule has 5 aromatic rings. The third-order valence-electron chi connectivity index (χ3n) is 16.7. The zero-order valence-corrected chi connectivity index (χ0v) is 52.1. The molecule has 0 aliphatic carbocycles. The van der Waals surface area contributed by atoms with Crippen molar-refractivity contribution in [1.82, 2.24) is 45.3 Å². The monoisotopic (exact) mass is 1230 g/mol. The molecule has 3 aromatic heterocycles. The van der Waals surface area contributed by atoms with Crippen molar-refractivity contribution in [2.24, 2.45) is 10.8 Å². The van der Waals surface area contributed by atoms with Gasteiger partial charge in [-0.1, -0.05) is 76.4 Å². The first-order chi connectivity index (χ1) is 40.5. The van der Waals surface area contributed by atoms with E-state index in [1.165, 1.54) is 17.9 Å². The molecular formula is C62H80ClF4N11O7S. The molecule has 24 heteroatoms. The highest BCUT2D eigenvalue weighted by molar-refractivity contribution is 7.13. The number of unbranched alkanes of at least 4 members (excludes halogenated alkanes) is 3. The van der Waals surface area contributed by atoms with Gasteiger partial charge in [0.05, 0.1) is 62.7 Å². The molecule has 0 saturated carbocycles. The smallest absolute Gasteiger partial charge is 0.418 e. The van der Waals surface area contributed by atoms with Crippen molar-refractivity contribution in [2.45, 2.75) is 175 Å². The second kappa shape index (κ2) is 25.7. The summed E-state index contributed by atoms with van der Waals surface area (Å²) >= 11 is 8.34. The predicted molar refractivity (Wildman–Crippen MR) is 323 cm³/mol. The fourth-order valence-electron chi connectivity index (χ4n) is 12.6. The summed E-state index contributed by atoms with van der Waals surface area (Å²) < 4.78 is 73.5. The van der Waals surface area contributed by atoms with Gasteiger partial charge in [0.1, 0.15) is 34.8 Å². The molecule has 2 unspecified atom stereocenters. The molecule has 6 atom stereocenters. The van der Waals surface area contributed by atoms with Crippen molar-refractivity contribution < 1.29 is 51.3 Å². The molecule has 9 rings (SSSR count). The van der Waals surface area contributed by atoms with E-state index in [4.69, 9.17) is 31.8 Å². The van der Waals surface area contributed by atoms with Crippen LogP contribution in [0.5, 0.6) is 6.01 Å². The Kier molecular flexibility index (Phi) is 19.2. The quantitative estimate of drug-likeness (QED) is 0.0474. The maximum Gasteiger partial charge on any atom is 0.418 e. The molecule has 18 nitrogen and oxygen atoms in total. The Morgan fingerprint density at radius 3 is 2.30 bits per heavy atom. The van der Waals surface area contributed by atoms with Crippen LogP contribution in [0.1, 0.15) is 135 Å². The number of carbonyl (C=O) groups is 4. The highest BCUT2D eigenvalue weighted by atomic mass is 35.5. The van der Waals surface area contributed by atoms with Crippen LogP contribution in [0.3, 0.4) is 0 Å². The first-order valence-electron chi connectivity index (χ1n) is 29.7. The molecule has 86 heavy (non-hydrogen) atoms. The number of nitrogen functional groups attached to an aromatic ring is 1. The molecule has 4 amide bonds. The van der Waals surface area contributed by atoms with Crippen LogP contribution in [0, 0.1) is 30.5 Å². The fraction of sp³-hybridized carbons (Fsp3) is 0.581. The van der Waals surface area contributed by atoms with Crippen molar-refractivity contribution in [2.75, 3.05) is 56.5 Å². The summed E-state index contributed by atoms with van der Waals surface area (Å²) in [7, 11) is 0. The van der Waals surface area contributed by atoms with Crippen molar-refractivity contribution in [3.05, 3.63) is 75.1 Å². The Labute approximate surface area is 508 Å². The van der Waals surface area contributed by atoms with Crippen LogP contribution in [0.4, 0.5) is 34.0 Å². The van der Waals surface area contributed by atoms with Crippen molar-refractivity contribution >= 4 is 69.3 Å². The first-order valence-corrected chi connectivity index (χ1v) is 30.9. The summed E-state index contributed by atoms with van der Waals surface area (Å²) in [5.74, 6) is -2.20. The zero-order valence-electron chi connectivity index (χ0n) is 50.5. The number of anilines is 2. The minimum atomic E-state index is -4.93. The number of alkyl halides is 3. The number of nitrogens with one attached hydrogen (secondary N) is 2. The molecule has 2 bridgehead atoms. The average molecular weight is 1230 g/mol. The van der Waals surface area contributed by atoms with Gasteiger partial charge in [-0.15, -0.1) is 11.3 Å². The van der Waals surface area contributed by atoms with E-state index in [0.717, 1.165) is 73.0 Å². The Morgan fingerprint density at radius 1 is 0.953 bits per heavy atom.